The third-order valence-electron chi connectivity index (χ3n) is 2.81. The molecule has 7 heteroatoms. The third-order valence-corrected chi connectivity index (χ3v) is 3.59. The summed E-state index contributed by atoms with van der Waals surface area (Å²) < 4.78 is 0. The molecule has 1 aromatic rings. The Morgan fingerprint density at radius 3 is 2.42 bits per heavy atom. The van der Waals surface area contributed by atoms with Gasteiger partial charge in [0.1, 0.15) is 0 Å². The number of Topliss-reactive ketones (excluding diaryl/α,β-unsaturated/α-hetero) is 2. The van der Waals surface area contributed by atoms with Gasteiger partial charge < -0.3 is 5.32 Å². The number of nitrogens with one attached hydrogen (secondary N) is 1. The molecule has 0 aromatic heterocycles. The maximum Gasteiger partial charge on any atom is 0.228 e. The van der Waals surface area contributed by atoms with E-state index in [2.05, 4.69) is 5.32 Å². The highest BCUT2D eigenvalue weighted by molar-refractivity contribution is 6.40. The van der Waals surface area contributed by atoms with E-state index >= 15 is 0 Å². The van der Waals surface area contributed by atoms with Crippen molar-refractivity contribution in [2.24, 2.45) is 0 Å². The lowest BCUT2D eigenvalue weighted by Gasteiger charge is -2.11. The van der Waals surface area contributed by atoms with Crippen LogP contribution in [0.5, 0.6) is 0 Å². The largest absolute Gasteiger partial charge is 0.325 e. The predicted octanol–water partition coefficient (Wildman–Crippen LogP) is 2.68. The number of carbonyl (C=O) groups excluding carboxylic acids is 3. The van der Waals surface area contributed by atoms with Crippen molar-refractivity contribution in [3.8, 4) is 0 Å². The third kappa shape index (κ3) is 2.48. The van der Waals surface area contributed by atoms with Crippen molar-refractivity contribution in [3.63, 3.8) is 0 Å². The molecular weight excluding hydrogens is 312 g/mol. The molecule has 1 aliphatic rings. The first-order valence-corrected chi connectivity index (χ1v) is 6.77. The number of fused-ring (bicyclic) bond motifs is 1. The average molecular weight is 321 g/mol. The van der Waals surface area contributed by atoms with Crippen LogP contribution in [0.3, 0.4) is 0 Å². The van der Waals surface area contributed by atoms with Crippen LogP contribution < -0.4 is 5.32 Å². The van der Waals surface area contributed by atoms with E-state index in [-0.39, 0.29) is 51.7 Å². The maximum absolute atomic E-state index is 11.8. The molecule has 1 aromatic carbocycles. The summed E-state index contributed by atoms with van der Waals surface area (Å²) in [5, 5.41) is 2.63. The van der Waals surface area contributed by atoms with Gasteiger partial charge in [-0.25, -0.2) is 0 Å². The number of amides is 1. The van der Waals surface area contributed by atoms with Crippen molar-refractivity contribution in [2.45, 2.75) is 6.42 Å². The van der Waals surface area contributed by atoms with Crippen LogP contribution in [0.4, 0.5) is 5.69 Å². The number of halogens is 3. The highest BCUT2D eigenvalue weighted by Crippen LogP contribution is 2.36. The van der Waals surface area contributed by atoms with E-state index in [1.165, 1.54) is 6.07 Å². The monoisotopic (exact) mass is 319 g/mol. The number of ketones is 2. The summed E-state index contributed by atoms with van der Waals surface area (Å²) in [5.74, 6) is -1.54. The van der Waals surface area contributed by atoms with Crippen LogP contribution in [-0.2, 0) is 11.2 Å². The standard InChI is InChI=1S/C12H8Cl3NO3/c13-3-8(17)5-1-7(15)11(9(18)4-14)12-6(5)2-10(19)16-12/h1H,2-4H2,(H,16,19). The second-order valence-corrected chi connectivity index (χ2v) is 4.91. The van der Waals surface area contributed by atoms with Crippen molar-refractivity contribution < 1.29 is 14.4 Å². The Labute approximate surface area is 124 Å². The van der Waals surface area contributed by atoms with Gasteiger partial charge in [0.2, 0.25) is 5.91 Å². The Morgan fingerprint density at radius 2 is 1.84 bits per heavy atom. The molecule has 0 unspecified atom stereocenters. The second-order valence-electron chi connectivity index (χ2n) is 3.97. The molecule has 0 aliphatic carbocycles. The highest BCUT2D eigenvalue weighted by Gasteiger charge is 2.30. The van der Waals surface area contributed by atoms with Gasteiger partial charge >= 0.3 is 0 Å². The molecule has 0 atom stereocenters. The second kappa shape index (κ2) is 5.49. The number of anilines is 1. The minimum Gasteiger partial charge on any atom is -0.325 e. The molecule has 4 nitrogen and oxygen atoms in total. The molecule has 0 saturated heterocycles. The van der Waals surface area contributed by atoms with Crippen LogP contribution in [0.15, 0.2) is 6.07 Å². The number of carbonyl (C=O) groups is 3. The van der Waals surface area contributed by atoms with Gasteiger partial charge in [0, 0.05) is 5.56 Å². The molecule has 1 amide bonds. The first-order valence-electron chi connectivity index (χ1n) is 5.33. The Morgan fingerprint density at radius 1 is 1.21 bits per heavy atom. The molecular formula is C12H8Cl3NO3. The minimum atomic E-state index is -0.407. The quantitative estimate of drug-likeness (QED) is 0.685. The van der Waals surface area contributed by atoms with Crippen molar-refractivity contribution in [1.82, 2.24) is 0 Å². The van der Waals surface area contributed by atoms with Gasteiger partial charge in [0.05, 0.1) is 34.5 Å². The fraction of sp³-hybridized carbons (Fsp3) is 0.250. The molecule has 0 saturated carbocycles. The number of hydrogen-bond donors (Lipinski definition) is 1. The fourth-order valence-corrected chi connectivity index (χ4v) is 2.60. The normalized spacial score (nSPS) is 13.1. The van der Waals surface area contributed by atoms with Crippen LogP contribution >= 0.6 is 34.8 Å². The smallest absolute Gasteiger partial charge is 0.228 e. The van der Waals surface area contributed by atoms with Crippen molar-refractivity contribution in [3.05, 3.63) is 27.8 Å². The van der Waals surface area contributed by atoms with E-state index in [0.717, 1.165) is 0 Å². The van der Waals surface area contributed by atoms with Gasteiger partial charge in [-0.15, -0.1) is 23.2 Å². The van der Waals surface area contributed by atoms with Crippen LogP contribution in [0, 0.1) is 0 Å². The van der Waals surface area contributed by atoms with Crippen molar-refractivity contribution >= 4 is 58.0 Å². The molecule has 2 rings (SSSR count). The molecule has 0 bridgehead atoms. The molecule has 1 aliphatic heterocycles. The van der Waals surface area contributed by atoms with E-state index in [1.54, 1.807) is 0 Å². The Hall–Kier alpha value is -1.10. The zero-order valence-corrected chi connectivity index (χ0v) is 11.8. The van der Waals surface area contributed by atoms with Crippen LogP contribution in [0.25, 0.3) is 0 Å². The summed E-state index contributed by atoms with van der Waals surface area (Å²) in [6, 6.07) is 1.37. The van der Waals surface area contributed by atoms with Crippen LogP contribution in [0.2, 0.25) is 5.02 Å². The van der Waals surface area contributed by atoms with Crippen molar-refractivity contribution in [2.75, 3.05) is 17.1 Å². The maximum atomic E-state index is 11.8. The highest BCUT2D eigenvalue weighted by atomic mass is 35.5. The molecule has 100 valence electrons. The Kier molecular flexibility index (Phi) is 4.13. The van der Waals surface area contributed by atoms with Crippen molar-refractivity contribution in [1.29, 1.82) is 0 Å². The summed E-state index contributed by atoms with van der Waals surface area (Å²) in [5.41, 5.74) is 1.13. The van der Waals surface area contributed by atoms with Gasteiger partial charge in [-0.1, -0.05) is 11.6 Å². The first-order chi connectivity index (χ1) is 8.99. The molecule has 1 heterocycles. The Balaban J connectivity index is 2.69. The number of alkyl halides is 2. The lowest BCUT2D eigenvalue weighted by Crippen LogP contribution is -2.10. The minimum absolute atomic E-state index is 0.0209. The van der Waals surface area contributed by atoms with Gasteiger partial charge in [-0.3, -0.25) is 14.4 Å². The summed E-state index contributed by atoms with van der Waals surface area (Å²) >= 11 is 17.0. The van der Waals surface area contributed by atoms with E-state index in [4.69, 9.17) is 34.8 Å². The van der Waals surface area contributed by atoms with Gasteiger partial charge in [0.25, 0.3) is 0 Å². The zero-order chi connectivity index (χ0) is 14.2. The summed E-state index contributed by atoms with van der Waals surface area (Å²) in [7, 11) is 0. The average Bonchev–Trinajstić information content (AvgIpc) is 2.77. The fourth-order valence-electron chi connectivity index (χ4n) is 2.02. The molecule has 0 radical (unpaired) electrons. The summed E-state index contributed by atoms with van der Waals surface area (Å²) in [6.07, 6.45) is 0.0209. The van der Waals surface area contributed by atoms with E-state index in [1.807, 2.05) is 0 Å². The number of rotatable bonds is 4. The lowest BCUT2D eigenvalue weighted by molar-refractivity contribution is -0.115. The predicted molar refractivity (Wildman–Crippen MR) is 73.9 cm³/mol. The van der Waals surface area contributed by atoms with E-state index in [9.17, 15) is 14.4 Å². The Bertz CT molecular complexity index is 598. The first kappa shape index (κ1) is 14.3. The summed E-state index contributed by atoms with van der Waals surface area (Å²) in [6.45, 7) is 0. The van der Waals surface area contributed by atoms with E-state index in [0.29, 0.717) is 5.56 Å². The topological polar surface area (TPSA) is 63.2 Å². The molecule has 0 spiro atoms. The van der Waals surface area contributed by atoms with Gasteiger partial charge in [0.15, 0.2) is 11.6 Å². The van der Waals surface area contributed by atoms with Crippen LogP contribution in [-0.4, -0.2) is 29.2 Å². The molecule has 1 N–H and O–H groups in total. The molecule has 19 heavy (non-hydrogen) atoms. The van der Waals surface area contributed by atoms with E-state index < -0.39 is 5.78 Å². The SMILES string of the molecule is O=C1Cc2c(C(=O)CCl)cc(Cl)c(C(=O)CCl)c2N1. The number of hydrogen-bond acceptors (Lipinski definition) is 3. The summed E-state index contributed by atoms with van der Waals surface area (Å²) in [4.78, 5) is 35.0. The van der Waals surface area contributed by atoms with Gasteiger partial charge in [-0.2, -0.15) is 0 Å². The lowest BCUT2D eigenvalue weighted by atomic mass is 9.96. The van der Waals surface area contributed by atoms with Crippen LogP contribution in [0.1, 0.15) is 26.3 Å². The molecule has 0 fully saturated rings. The number of benzene rings is 1. The van der Waals surface area contributed by atoms with Gasteiger partial charge in [-0.05, 0) is 11.6 Å². The zero-order valence-electron chi connectivity index (χ0n) is 9.56.